The van der Waals surface area contributed by atoms with E-state index >= 15 is 0 Å². The van der Waals surface area contributed by atoms with Crippen molar-refractivity contribution in [1.29, 1.82) is 0 Å². The molecular formula is C17H16N6O. The standard InChI is InChI=1S/C17H16N6O/c1-22(2)15-11-5-3-4-6-12(11)23-9-18-13(16(23)20-15)14-19-17(24-21-14)10-7-8-10/h3-6,9-10H,7-8H2,1-2H3. The zero-order valence-corrected chi connectivity index (χ0v) is 13.5. The molecule has 3 heterocycles. The van der Waals surface area contributed by atoms with Gasteiger partial charge in [0.1, 0.15) is 12.1 Å². The Morgan fingerprint density at radius 2 is 2.00 bits per heavy atom. The normalized spacial score (nSPS) is 14.6. The van der Waals surface area contributed by atoms with Gasteiger partial charge >= 0.3 is 0 Å². The predicted molar refractivity (Wildman–Crippen MR) is 90.1 cm³/mol. The maximum absolute atomic E-state index is 5.38. The summed E-state index contributed by atoms with van der Waals surface area (Å²) in [5, 5.41) is 5.18. The molecular weight excluding hydrogens is 304 g/mol. The number of rotatable bonds is 3. The Balaban J connectivity index is 1.78. The van der Waals surface area contributed by atoms with Crippen LogP contribution in [0, 0.1) is 0 Å². The summed E-state index contributed by atoms with van der Waals surface area (Å²) in [5.41, 5.74) is 2.44. The highest BCUT2D eigenvalue weighted by Gasteiger charge is 2.30. The molecule has 7 heteroatoms. The molecule has 0 N–H and O–H groups in total. The van der Waals surface area contributed by atoms with E-state index in [1.165, 1.54) is 0 Å². The molecule has 24 heavy (non-hydrogen) atoms. The van der Waals surface area contributed by atoms with Gasteiger partial charge in [-0.05, 0) is 25.0 Å². The van der Waals surface area contributed by atoms with Crippen molar-refractivity contribution in [3.8, 4) is 11.5 Å². The van der Waals surface area contributed by atoms with Crippen LogP contribution in [-0.4, -0.2) is 38.6 Å². The lowest BCUT2D eigenvalue weighted by Crippen LogP contribution is -2.12. The van der Waals surface area contributed by atoms with Crippen LogP contribution in [0.4, 0.5) is 5.82 Å². The monoisotopic (exact) mass is 320 g/mol. The summed E-state index contributed by atoms with van der Waals surface area (Å²) in [6, 6.07) is 8.16. The largest absolute Gasteiger partial charge is 0.362 e. The van der Waals surface area contributed by atoms with E-state index in [9.17, 15) is 0 Å². The number of hydrogen-bond donors (Lipinski definition) is 0. The molecule has 5 rings (SSSR count). The number of anilines is 1. The van der Waals surface area contributed by atoms with Crippen molar-refractivity contribution in [3.63, 3.8) is 0 Å². The van der Waals surface area contributed by atoms with Crippen LogP contribution in [-0.2, 0) is 0 Å². The van der Waals surface area contributed by atoms with Crippen molar-refractivity contribution in [1.82, 2.24) is 24.5 Å². The first-order valence-corrected chi connectivity index (χ1v) is 7.99. The topological polar surface area (TPSA) is 72.3 Å². The van der Waals surface area contributed by atoms with Crippen LogP contribution < -0.4 is 4.90 Å². The molecule has 1 aromatic carbocycles. The molecule has 1 aliphatic carbocycles. The third-order valence-corrected chi connectivity index (χ3v) is 4.36. The van der Waals surface area contributed by atoms with Gasteiger partial charge < -0.3 is 9.42 Å². The molecule has 0 spiro atoms. The highest BCUT2D eigenvalue weighted by molar-refractivity contribution is 5.93. The van der Waals surface area contributed by atoms with Gasteiger partial charge in [0, 0.05) is 25.4 Å². The number of fused-ring (bicyclic) bond motifs is 3. The lowest BCUT2D eigenvalue weighted by atomic mass is 10.2. The van der Waals surface area contributed by atoms with Crippen LogP contribution >= 0.6 is 0 Å². The zero-order chi connectivity index (χ0) is 16.3. The van der Waals surface area contributed by atoms with Gasteiger partial charge in [0.05, 0.1) is 5.52 Å². The SMILES string of the molecule is CN(C)c1nc2c(-c3noc(C4CC4)n3)ncn2c2ccccc12. The second kappa shape index (κ2) is 4.77. The molecule has 1 saturated carbocycles. The second-order valence-corrected chi connectivity index (χ2v) is 6.36. The van der Waals surface area contributed by atoms with E-state index < -0.39 is 0 Å². The first-order chi connectivity index (χ1) is 11.7. The molecule has 4 aromatic rings. The Bertz CT molecular complexity index is 1060. The minimum absolute atomic E-state index is 0.422. The average Bonchev–Trinajstić information content (AvgIpc) is 3.17. The number of benzene rings is 1. The number of nitrogens with zero attached hydrogens (tertiary/aromatic N) is 6. The van der Waals surface area contributed by atoms with Gasteiger partial charge in [-0.3, -0.25) is 4.40 Å². The fourth-order valence-corrected chi connectivity index (χ4v) is 2.98. The second-order valence-electron chi connectivity index (χ2n) is 6.36. The maximum atomic E-state index is 5.38. The molecule has 0 bridgehead atoms. The summed E-state index contributed by atoms with van der Waals surface area (Å²) >= 11 is 0. The fraction of sp³-hybridized carbons (Fsp3) is 0.294. The molecule has 120 valence electrons. The van der Waals surface area contributed by atoms with Crippen molar-refractivity contribution < 1.29 is 4.52 Å². The van der Waals surface area contributed by atoms with E-state index in [1.54, 1.807) is 6.33 Å². The molecule has 1 fully saturated rings. The van der Waals surface area contributed by atoms with Crippen LogP contribution in [0.1, 0.15) is 24.7 Å². The molecule has 0 unspecified atom stereocenters. The number of para-hydroxylation sites is 1. The van der Waals surface area contributed by atoms with Crippen molar-refractivity contribution in [2.24, 2.45) is 0 Å². The van der Waals surface area contributed by atoms with Crippen molar-refractivity contribution in [3.05, 3.63) is 36.5 Å². The Morgan fingerprint density at radius 3 is 2.79 bits per heavy atom. The summed E-state index contributed by atoms with van der Waals surface area (Å²) in [6.07, 6.45) is 4.02. The number of hydrogen-bond acceptors (Lipinski definition) is 6. The Morgan fingerprint density at radius 1 is 1.17 bits per heavy atom. The summed E-state index contributed by atoms with van der Waals surface area (Å²) in [6.45, 7) is 0. The first kappa shape index (κ1) is 13.5. The van der Waals surface area contributed by atoms with Crippen molar-refractivity contribution in [2.75, 3.05) is 19.0 Å². The fourth-order valence-electron chi connectivity index (χ4n) is 2.98. The van der Waals surface area contributed by atoms with Gasteiger partial charge in [0.25, 0.3) is 0 Å². The van der Waals surface area contributed by atoms with Crippen LogP contribution in [0.5, 0.6) is 0 Å². The van der Waals surface area contributed by atoms with Gasteiger partial charge in [0.2, 0.25) is 11.7 Å². The van der Waals surface area contributed by atoms with Crippen LogP contribution in [0.15, 0.2) is 35.1 Å². The van der Waals surface area contributed by atoms with Crippen LogP contribution in [0.3, 0.4) is 0 Å². The van der Waals surface area contributed by atoms with Gasteiger partial charge in [-0.15, -0.1) is 0 Å². The third-order valence-electron chi connectivity index (χ3n) is 4.36. The Kier molecular flexibility index (Phi) is 2.68. The molecule has 0 atom stereocenters. The summed E-state index contributed by atoms with van der Waals surface area (Å²) in [7, 11) is 3.97. The quantitative estimate of drug-likeness (QED) is 0.578. The summed E-state index contributed by atoms with van der Waals surface area (Å²) in [5.74, 6) is 2.53. The van der Waals surface area contributed by atoms with Gasteiger partial charge in [-0.1, -0.05) is 17.3 Å². The Hall–Kier alpha value is -2.96. The van der Waals surface area contributed by atoms with E-state index in [2.05, 4.69) is 27.3 Å². The molecule has 1 aliphatic rings. The lowest BCUT2D eigenvalue weighted by molar-refractivity contribution is 0.380. The van der Waals surface area contributed by atoms with E-state index in [4.69, 9.17) is 9.51 Å². The van der Waals surface area contributed by atoms with Gasteiger partial charge in [-0.25, -0.2) is 9.97 Å². The molecule has 3 aromatic heterocycles. The predicted octanol–water partition coefficient (Wildman–Crippen LogP) is 2.88. The van der Waals surface area contributed by atoms with Crippen molar-refractivity contribution >= 4 is 22.4 Å². The molecule has 7 nitrogen and oxygen atoms in total. The molecule has 0 radical (unpaired) electrons. The molecule has 0 saturated heterocycles. The van der Waals surface area contributed by atoms with Crippen molar-refractivity contribution in [2.45, 2.75) is 18.8 Å². The molecule has 0 aliphatic heterocycles. The summed E-state index contributed by atoms with van der Waals surface area (Å²) in [4.78, 5) is 15.8. The van der Waals surface area contributed by atoms with E-state index in [0.29, 0.717) is 23.3 Å². The van der Waals surface area contributed by atoms with E-state index in [0.717, 1.165) is 35.2 Å². The molecule has 0 amide bonds. The van der Waals surface area contributed by atoms with Gasteiger partial charge in [0.15, 0.2) is 11.3 Å². The zero-order valence-electron chi connectivity index (χ0n) is 13.5. The highest BCUT2D eigenvalue weighted by atomic mass is 16.5. The van der Waals surface area contributed by atoms with Crippen LogP contribution in [0.25, 0.3) is 28.1 Å². The third kappa shape index (κ3) is 1.90. The minimum Gasteiger partial charge on any atom is -0.362 e. The first-order valence-electron chi connectivity index (χ1n) is 7.99. The van der Waals surface area contributed by atoms with E-state index in [-0.39, 0.29) is 0 Å². The lowest BCUT2D eigenvalue weighted by Gasteiger charge is -2.15. The maximum Gasteiger partial charge on any atom is 0.230 e. The minimum atomic E-state index is 0.422. The van der Waals surface area contributed by atoms with Crippen LogP contribution in [0.2, 0.25) is 0 Å². The Labute approximate surface area is 137 Å². The number of aromatic nitrogens is 5. The average molecular weight is 320 g/mol. The summed E-state index contributed by atoms with van der Waals surface area (Å²) < 4.78 is 7.35. The number of imidazole rings is 1. The van der Waals surface area contributed by atoms with Gasteiger partial charge in [-0.2, -0.15) is 4.98 Å². The highest BCUT2D eigenvalue weighted by Crippen LogP contribution is 2.39. The van der Waals surface area contributed by atoms with E-state index in [1.807, 2.05) is 35.5 Å². The smallest absolute Gasteiger partial charge is 0.230 e.